The zero-order valence-electron chi connectivity index (χ0n) is 12.4. The number of ether oxygens (including phenoxy) is 1. The lowest BCUT2D eigenvalue weighted by molar-refractivity contribution is -0.385. The molecule has 1 aromatic carbocycles. The van der Waals surface area contributed by atoms with Crippen LogP contribution in [0.4, 0.5) is 5.69 Å². The van der Waals surface area contributed by atoms with Gasteiger partial charge in [-0.2, -0.15) is 0 Å². The molecule has 6 atom stereocenters. The number of nitrogens with one attached hydrogen (secondary N) is 1. The highest BCUT2D eigenvalue weighted by molar-refractivity contribution is 5.41. The molecule has 1 aromatic rings. The van der Waals surface area contributed by atoms with E-state index in [2.05, 4.69) is 5.32 Å². The molecule has 1 heterocycles. The van der Waals surface area contributed by atoms with Gasteiger partial charge in [0.15, 0.2) is 0 Å². The Bertz CT molecular complexity index is 554. The quantitative estimate of drug-likeness (QED) is 0.343. The number of hydrogen-bond acceptors (Lipinski definition) is 8. The van der Waals surface area contributed by atoms with E-state index < -0.39 is 48.2 Å². The second kappa shape index (κ2) is 7.30. The van der Waals surface area contributed by atoms with Crippen LogP contribution in [0.15, 0.2) is 24.3 Å². The average Bonchev–Trinajstić information content (AvgIpc) is 2.55. The number of hydrogen-bond donors (Lipinski definition) is 5. The second-order valence-electron chi connectivity index (χ2n) is 5.45. The van der Waals surface area contributed by atoms with Gasteiger partial charge in [0.25, 0.3) is 5.69 Å². The molecular weight excluding hydrogens is 308 g/mol. The van der Waals surface area contributed by atoms with Crippen LogP contribution in [0.3, 0.4) is 0 Å². The maximum absolute atomic E-state index is 11.1. The van der Waals surface area contributed by atoms with Gasteiger partial charge in [0.05, 0.1) is 11.5 Å². The molecule has 2 rings (SSSR count). The number of nitrogens with zero attached hydrogens (tertiary/aromatic N) is 1. The summed E-state index contributed by atoms with van der Waals surface area (Å²) in [5.74, 6) is 0. The fourth-order valence-electron chi connectivity index (χ4n) is 2.60. The monoisotopic (exact) mass is 328 g/mol. The minimum atomic E-state index is -1.50. The molecule has 0 aromatic heterocycles. The van der Waals surface area contributed by atoms with Crippen LogP contribution in [0.25, 0.3) is 0 Å². The minimum Gasteiger partial charge on any atom is -0.394 e. The van der Waals surface area contributed by atoms with Crippen molar-refractivity contribution in [2.24, 2.45) is 0 Å². The molecule has 0 amide bonds. The zero-order chi connectivity index (χ0) is 17.1. The summed E-state index contributed by atoms with van der Waals surface area (Å²) in [6.45, 7) is 1.10. The van der Waals surface area contributed by atoms with Crippen molar-refractivity contribution in [3.63, 3.8) is 0 Å². The molecule has 9 nitrogen and oxygen atoms in total. The largest absolute Gasteiger partial charge is 0.394 e. The molecule has 0 saturated carbocycles. The van der Waals surface area contributed by atoms with Crippen molar-refractivity contribution in [3.8, 4) is 0 Å². The summed E-state index contributed by atoms with van der Waals surface area (Å²) in [6, 6.07) is 5.55. The second-order valence-corrected chi connectivity index (χ2v) is 5.45. The third-order valence-electron chi connectivity index (χ3n) is 3.91. The molecule has 5 N–H and O–H groups in total. The summed E-state index contributed by atoms with van der Waals surface area (Å²) in [7, 11) is 0. The van der Waals surface area contributed by atoms with E-state index in [4.69, 9.17) is 9.84 Å². The highest BCUT2D eigenvalue weighted by Gasteiger charge is 2.43. The van der Waals surface area contributed by atoms with Gasteiger partial charge in [0.1, 0.15) is 30.6 Å². The topological polar surface area (TPSA) is 145 Å². The van der Waals surface area contributed by atoms with Crippen LogP contribution in [0.5, 0.6) is 0 Å². The molecule has 0 bridgehead atoms. The van der Waals surface area contributed by atoms with Gasteiger partial charge in [-0.05, 0) is 6.92 Å². The molecule has 0 spiro atoms. The Kier molecular flexibility index (Phi) is 5.63. The number of aliphatic hydroxyl groups excluding tert-OH is 4. The van der Waals surface area contributed by atoms with Gasteiger partial charge >= 0.3 is 0 Å². The average molecular weight is 328 g/mol. The molecule has 1 fully saturated rings. The molecule has 23 heavy (non-hydrogen) atoms. The lowest BCUT2D eigenvalue weighted by Gasteiger charge is -2.41. The van der Waals surface area contributed by atoms with Crippen molar-refractivity contribution in [2.45, 2.75) is 43.6 Å². The molecular formula is C14H20N2O7. The van der Waals surface area contributed by atoms with Gasteiger partial charge in [0, 0.05) is 17.7 Å². The summed E-state index contributed by atoms with van der Waals surface area (Å²) < 4.78 is 5.33. The van der Waals surface area contributed by atoms with Crippen LogP contribution in [-0.2, 0) is 4.74 Å². The van der Waals surface area contributed by atoms with E-state index in [-0.39, 0.29) is 5.69 Å². The summed E-state index contributed by atoms with van der Waals surface area (Å²) >= 11 is 0. The van der Waals surface area contributed by atoms with E-state index in [0.717, 1.165) is 0 Å². The van der Waals surface area contributed by atoms with Crippen molar-refractivity contribution >= 4 is 5.69 Å². The molecule has 1 aliphatic heterocycles. The number of rotatable bonds is 5. The summed E-state index contributed by atoms with van der Waals surface area (Å²) in [6.07, 6.45) is -6.53. The van der Waals surface area contributed by atoms with Crippen molar-refractivity contribution in [3.05, 3.63) is 39.9 Å². The summed E-state index contributed by atoms with van der Waals surface area (Å²) in [4.78, 5) is 10.6. The standard InChI is InChI=1S/C14H20N2O7/c1-7(8-4-2-3-5-9(8)16(21)22)15-14-13(20)12(19)11(18)10(6-17)23-14/h2-5,7,10-15,17-20H,6H2,1H3/t7?,10?,11-,12?,13?,14-/m1/s1. The maximum Gasteiger partial charge on any atom is 0.274 e. The Morgan fingerprint density at radius 1 is 1.26 bits per heavy atom. The van der Waals surface area contributed by atoms with E-state index in [1.165, 1.54) is 6.07 Å². The van der Waals surface area contributed by atoms with Gasteiger partial charge in [-0.15, -0.1) is 0 Å². The number of nitro benzene ring substituents is 1. The molecule has 9 heteroatoms. The number of aliphatic hydroxyl groups is 4. The Morgan fingerprint density at radius 2 is 1.91 bits per heavy atom. The molecule has 0 radical (unpaired) electrons. The van der Waals surface area contributed by atoms with E-state index >= 15 is 0 Å². The van der Waals surface area contributed by atoms with E-state index in [0.29, 0.717) is 5.56 Å². The smallest absolute Gasteiger partial charge is 0.274 e. The lowest BCUT2D eigenvalue weighted by atomic mass is 9.97. The Labute approximate surface area is 132 Å². The Morgan fingerprint density at radius 3 is 2.52 bits per heavy atom. The van der Waals surface area contributed by atoms with Crippen LogP contribution in [0.1, 0.15) is 18.5 Å². The first-order valence-corrected chi connectivity index (χ1v) is 7.16. The first-order valence-electron chi connectivity index (χ1n) is 7.16. The number of para-hydroxylation sites is 1. The molecule has 4 unspecified atom stereocenters. The number of benzene rings is 1. The predicted octanol–water partition coefficient (Wildman–Crippen LogP) is -0.955. The van der Waals surface area contributed by atoms with Crippen LogP contribution in [-0.4, -0.2) is 62.6 Å². The van der Waals surface area contributed by atoms with Crippen LogP contribution in [0.2, 0.25) is 0 Å². The van der Waals surface area contributed by atoms with E-state index in [1.807, 2.05) is 0 Å². The van der Waals surface area contributed by atoms with Crippen molar-refractivity contribution in [1.82, 2.24) is 5.32 Å². The van der Waals surface area contributed by atoms with Gasteiger partial charge in [0.2, 0.25) is 0 Å². The van der Waals surface area contributed by atoms with Crippen LogP contribution in [0, 0.1) is 10.1 Å². The fourth-order valence-corrected chi connectivity index (χ4v) is 2.60. The first kappa shape index (κ1) is 17.7. The van der Waals surface area contributed by atoms with Crippen molar-refractivity contribution < 1.29 is 30.1 Å². The highest BCUT2D eigenvalue weighted by atomic mass is 16.6. The Balaban J connectivity index is 2.16. The van der Waals surface area contributed by atoms with Crippen molar-refractivity contribution in [2.75, 3.05) is 6.61 Å². The SMILES string of the molecule is CC(N[C@@H]1OC(CO)[C@@H](O)C(O)C1O)c1ccccc1[N+](=O)[O-]. The van der Waals surface area contributed by atoms with Crippen LogP contribution < -0.4 is 5.32 Å². The molecule has 1 saturated heterocycles. The van der Waals surface area contributed by atoms with E-state index in [9.17, 15) is 25.4 Å². The normalized spacial score (nSPS) is 32.5. The molecule has 0 aliphatic carbocycles. The van der Waals surface area contributed by atoms with Gasteiger partial charge < -0.3 is 25.2 Å². The highest BCUT2D eigenvalue weighted by Crippen LogP contribution is 2.27. The van der Waals surface area contributed by atoms with Gasteiger partial charge in [-0.1, -0.05) is 18.2 Å². The van der Waals surface area contributed by atoms with Gasteiger partial charge in [-0.25, -0.2) is 0 Å². The molecule has 1 aliphatic rings. The van der Waals surface area contributed by atoms with Crippen molar-refractivity contribution in [1.29, 1.82) is 0 Å². The maximum atomic E-state index is 11.1. The van der Waals surface area contributed by atoms with Crippen LogP contribution >= 0.6 is 0 Å². The fraction of sp³-hybridized carbons (Fsp3) is 0.571. The molecule has 128 valence electrons. The van der Waals surface area contributed by atoms with E-state index in [1.54, 1.807) is 25.1 Å². The Hall–Kier alpha value is -1.62. The summed E-state index contributed by atoms with van der Waals surface area (Å²) in [5, 5.41) is 52.5. The number of nitro groups is 1. The lowest BCUT2D eigenvalue weighted by Crippen LogP contribution is -2.62. The third-order valence-corrected chi connectivity index (χ3v) is 3.91. The predicted molar refractivity (Wildman–Crippen MR) is 78.4 cm³/mol. The minimum absolute atomic E-state index is 0.0860. The van der Waals surface area contributed by atoms with Gasteiger partial charge in [-0.3, -0.25) is 15.4 Å². The third kappa shape index (κ3) is 3.66. The zero-order valence-corrected chi connectivity index (χ0v) is 12.4. The first-order chi connectivity index (χ1) is 10.9. The summed E-state index contributed by atoms with van der Waals surface area (Å²) in [5.41, 5.74) is 0.298.